The van der Waals surface area contributed by atoms with E-state index in [4.69, 9.17) is 4.74 Å². The minimum Gasteiger partial charge on any atom is -0.468 e. The minimum absolute atomic E-state index is 0.0394. The number of esters is 1. The third-order valence-corrected chi connectivity index (χ3v) is 3.65. The number of rotatable bonds is 3. The second kappa shape index (κ2) is 5.20. The summed E-state index contributed by atoms with van der Waals surface area (Å²) in [6.45, 7) is 0.228. The van der Waals surface area contributed by atoms with Crippen molar-refractivity contribution in [3.8, 4) is 0 Å². The van der Waals surface area contributed by atoms with Crippen LogP contribution < -0.4 is 5.32 Å². The van der Waals surface area contributed by atoms with Gasteiger partial charge >= 0.3 is 5.97 Å². The van der Waals surface area contributed by atoms with Crippen molar-refractivity contribution in [2.75, 3.05) is 13.7 Å². The summed E-state index contributed by atoms with van der Waals surface area (Å²) in [6.07, 6.45) is 0.647. The van der Waals surface area contributed by atoms with Crippen LogP contribution in [0.1, 0.15) is 12.0 Å². The van der Waals surface area contributed by atoms with Gasteiger partial charge in [0.15, 0.2) is 0 Å². The summed E-state index contributed by atoms with van der Waals surface area (Å²) in [5.74, 6) is -0.339. The summed E-state index contributed by atoms with van der Waals surface area (Å²) < 4.78 is 5.80. The van der Waals surface area contributed by atoms with Crippen molar-refractivity contribution in [1.29, 1.82) is 0 Å². The number of hydrogen-bond acceptors (Lipinski definition) is 4. The lowest BCUT2D eigenvalue weighted by molar-refractivity contribution is -0.148. The van der Waals surface area contributed by atoms with Gasteiger partial charge in [0.05, 0.1) is 13.7 Å². The molecule has 0 saturated carbocycles. The molecule has 1 aromatic rings. The number of hydrogen-bond donors (Lipinski definition) is 1. The molecule has 96 valence electrons. The number of carbonyl (C=O) groups excluding carboxylic acids is 2. The van der Waals surface area contributed by atoms with E-state index >= 15 is 0 Å². The predicted molar refractivity (Wildman–Crippen MR) is 70.2 cm³/mol. The molecule has 1 N–H and O–H groups in total. The van der Waals surface area contributed by atoms with Gasteiger partial charge in [0.2, 0.25) is 0 Å². The Hall–Kier alpha value is -1.20. The fourth-order valence-electron chi connectivity index (χ4n) is 2.22. The van der Waals surface area contributed by atoms with Crippen LogP contribution in [0.4, 0.5) is 0 Å². The Morgan fingerprint density at radius 1 is 1.44 bits per heavy atom. The molecule has 0 radical (unpaired) electrons. The molecule has 1 aromatic carbocycles. The van der Waals surface area contributed by atoms with Crippen molar-refractivity contribution < 1.29 is 14.3 Å². The lowest BCUT2D eigenvalue weighted by Gasteiger charge is -2.25. The van der Waals surface area contributed by atoms with Crippen LogP contribution >= 0.6 is 15.9 Å². The van der Waals surface area contributed by atoms with E-state index in [1.165, 1.54) is 7.11 Å². The van der Waals surface area contributed by atoms with Gasteiger partial charge in [-0.2, -0.15) is 0 Å². The van der Waals surface area contributed by atoms with Crippen LogP contribution in [0.15, 0.2) is 28.7 Å². The minimum atomic E-state index is -0.903. The first-order valence-electron chi connectivity index (χ1n) is 5.65. The highest BCUT2D eigenvalue weighted by atomic mass is 79.9. The van der Waals surface area contributed by atoms with E-state index in [1.54, 1.807) is 0 Å². The van der Waals surface area contributed by atoms with Gasteiger partial charge in [0.25, 0.3) is 0 Å². The highest BCUT2D eigenvalue weighted by Gasteiger charge is 2.45. The molecule has 2 rings (SSSR count). The van der Waals surface area contributed by atoms with E-state index in [0.29, 0.717) is 6.42 Å². The first-order valence-corrected chi connectivity index (χ1v) is 6.45. The number of nitrogens with one attached hydrogen (secondary N) is 1. The van der Waals surface area contributed by atoms with Crippen LogP contribution in [0.2, 0.25) is 0 Å². The maximum absolute atomic E-state index is 11.9. The summed E-state index contributed by atoms with van der Waals surface area (Å²) in [6, 6.07) is 7.69. The van der Waals surface area contributed by atoms with Crippen LogP contribution in [0.25, 0.3) is 0 Å². The zero-order valence-corrected chi connectivity index (χ0v) is 11.6. The van der Waals surface area contributed by atoms with Crippen molar-refractivity contribution in [3.05, 3.63) is 34.3 Å². The summed E-state index contributed by atoms with van der Waals surface area (Å²) >= 11 is 3.36. The Balaban J connectivity index is 2.23. The maximum atomic E-state index is 11.9. The van der Waals surface area contributed by atoms with Crippen LogP contribution in [0.3, 0.4) is 0 Å². The van der Waals surface area contributed by atoms with Crippen molar-refractivity contribution in [2.24, 2.45) is 0 Å². The number of halogens is 1. The summed E-state index contributed by atoms with van der Waals surface area (Å²) in [5, 5.41) is 3.00. The van der Waals surface area contributed by atoms with Crippen molar-refractivity contribution in [2.45, 2.75) is 18.4 Å². The lowest BCUT2D eigenvalue weighted by Crippen LogP contribution is -2.50. The molecule has 1 fully saturated rings. The Kier molecular flexibility index (Phi) is 3.82. The monoisotopic (exact) mass is 311 g/mol. The highest BCUT2D eigenvalue weighted by Crippen LogP contribution is 2.24. The van der Waals surface area contributed by atoms with Crippen molar-refractivity contribution >= 4 is 27.7 Å². The molecular formula is C13H14BrNO3. The molecule has 1 heterocycles. The fourth-order valence-corrected chi connectivity index (χ4v) is 2.48. The largest absolute Gasteiger partial charge is 0.468 e. The Morgan fingerprint density at radius 2 is 2.11 bits per heavy atom. The maximum Gasteiger partial charge on any atom is 0.326 e. The molecular weight excluding hydrogens is 298 g/mol. The highest BCUT2D eigenvalue weighted by molar-refractivity contribution is 9.10. The average molecular weight is 312 g/mol. The molecule has 18 heavy (non-hydrogen) atoms. The third kappa shape index (κ3) is 2.62. The normalized spacial score (nSPS) is 23.1. The van der Waals surface area contributed by atoms with Crippen LogP contribution in [-0.2, 0) is 20.7 Å². The number of Topliss-reactive ketones (excluding diaryl/α,β-unsaturated/α-hetero) is 1. The van der Waals surface area contributed by atoms with E-state index in [1.807, 2.05) is 24.3 Å². The quantitative estimate of drug-likeness (QED) is 0.859. The van der Waals surface area contributed by atoms with Gasteiger partial charge in [-0.05, 0) is 17.7 Å². The van der Waals surface area contributed by atoms with Crippen LogP contribution in [0.5, 0.6) is 0 Å². The second-order valence-corrected chi connectivity index (χ2v) is 5.36. The molecule has 0 aliphatic carbocycles. The Morgan fingerprint density at radius 3 is 2.61 bits per heavy atom. The van der Waals surface area contributed by atoms with E-state index in [9.17, 15) is 9.59 Å². The molecule has 0 bridgehead atoms. The molecule has 0 unspecified atom stereocenters. The molecule has 4 nitrogen and oxygen atoms in total. The van der Waals surface area contributed by atoms with Crippen molar-refractivity contribution in [3.63, 3.8) is 0 Å². The van der Waals surface area contributed by atoms with Gasteiger partial charge < -0.3 is 4.74 Å². The number of carbonyl (C=O) groups is 2. The summed E-state index contributed by atoms with van der Waals surface area (Å²) in [4.78, 5) is 23.4. The molecule has 1 aliphatic rings. The molecule has 1 aliphatic heterocycles. The SMILES string of the molecule is COC(=O)[C@]1(Cc2ccc(Br)cc2)CC(=O)CN1. The van der Waals surface area contributed by atoms with E-state index in [-0.39, 0.29) is 24.7 Å². The average Bonchev–Trinajstić information content (AvgIpc) is 2.74. The Bertz CT molecular complexity index is 472. The van der Waals surface area contributed by atoms with E-state index in [0.717, 1.165) is 10.0 Å². The fraction of sp³-hybridized carbons (Fsp3) is 0.385. The number of ketones is 1. The lowest BCUT2D eigenvalue weighted by atomic mass is 9.89. The zero-order valence-electron chi connectivity index (χ0n) is 10.0. The van der Waals surface area contributed by atoms with E-state index in [2.05, 4.69) is 21.2 Å². The summed E-state index contributed by atoms with van der Waals surface area (Å²) in [7, 11) is 1.34. The van der Waals surface area contributed by atoms with E-state index < -0.39 is 5.54 Å². The number of benzene rings is 1. The first kappa shape index (κ1) is 13.2. The second-order valence-electron chi connectivity index (χ2n) is 4.45. The number of methoxy groups -OCH3 is 1. The smallest absolute Gasteiger partial charge is 0.326 e. The standard InChI is InChI=1S/C13H14BrNO3/c1-18-12(17)13(7-11(16)8-15-13)6-9-2-4-10(14)5-3-9/h2-5,15H,6-8H2,1H3/t13-/m0/s1. The molecule has 1 atom stereocenters. The third-order valence-electron chi connectivity index (χ3n) is 3.12. The predicted octanol–water partition coefficient (Wildman–Crippen LogP) is 1.47. The van der Waals surface area contributed by atoms with Gasteiger partial charge in [-0.1, -0.05) is 28.1 Å². The molecule has 1 saturated heterocycles. The molecule has 0 spiro atoms. The van der Waals surface area contributed by atoms with Gasteiger partial charge in [-0.25, -0.2) is 0 Å². The van der Waals surface area contributed by atoms with Gasteiger partial charge in [0.1, 0.15) is 11.3 Å². The summed E-state index contributed by atoms with van der Waals surface area (Å²) in [5.41, 5.74) is 0.0884. The number of ether oxygens (including phenoxy) is 1. The van der Waals surface area contributed by atoms with Crippen LogP contribution in [-0.4, -0.2) is 30.9 Å². The zero-order chi connectivity index (χ0) is 13.2. The van der Waals surface area contributed by atoms with Gasteiger partial charge in [-0.3, -0.25) is 14.9 Å². The molecule has 0 amide bonds. The van der Waals surface area contributed by atoms with Gasteiger partial charge in [-0.15, -0.1) is 0 Å². The molecule has 0 aromatic heterocycles. The van der Waals surface area contributed by atoms with Crippen molar-refractivity contribution in [1.82, 2.24) is 5.32 Å². The molecule has 5 heteroatoms. The topological polar surface area (TPSA) is 55.4 Å². The first-order chi connectivity index (χ1) is 8.55. The van der Waals surface area contributed by atoms with Gasteiger partial charge in [0, 0.05) is 17.3 Å². The van der Waals surface area contributed by atoms with Crippen LogP contribution in [0, 0.1) is 0 Å². The Labute approximate surface area is 114 Å².